The Hall–Kier alpha value is -1.11. The summed E-state index contributed by atoms with van der Waals surface area (Å²) in [5.74, 6) is 5.16. The highest BCUT2D eigenvalue weighted by molar-refractivity contribution is 5.74. The molecule has 0 aliphatic heterocycles. The standard InChI is InChI=1S/C27H34O/c28-16-18-1-3-24(4-2-18)25-9-22-8-23(10-25)15-27(14-22,17-25)26-11-19-5-20(12-26)7-21(6-19)13-26/h1-4,16,19-23H,5-15,17H2. The first-order valence-electron chi connectivity index (χ1n) is 12.2. The van der Waals surface area contributed by atoms with E-state index in [9.17, 15) is 4.79 Å². The fraction of sp³-hybridized carbons (Fsp3) is 0.741. The van der Waals surface area contributed by atoms with Crippen molar-refractivity contribution in [2.24, 2.45) is 40.4 Å². The molecule has 1 aromatic rings. The monoisotopic (exact) mass is 374 g/mol. The summed E-state index contributed by atoms with van der Waals surface area (Å²) in [7, 11) is 0. The molecule has 8 aliphatic rings. The van der Waals surface area contributed by atoms with Crippen molar-refractivity contribution >= 4 is 6.29 Å². The Morgan fingerprint density at radius 2 is 1.14 bits per heavy atom. The third-order valence-electron chi connectivity index (χ3n) is 10.9. The quantitative estimate of drug-likeness (QED) is 0.548. The Morgan fingerprint density at radius 3 is 1.68 bits per heavy atom. The normalized spacial score (nSPS) is 52.9. The lowest BCUT2D eigenvalue weighted by molar-refractivity contribution is -0.205. The van der Waals surface area contributed by atoms with Gasteiger partial charge in [0.25, 0.3) is 0 Å². The van der Waals surface area contributed by atoms with Crippen molar-refractivity contribution in [2.45, 2.75) is 82.5 Å². The molecule has 8 bridgehead atoms. The molecule has 2 atom stereocenters. The van der Waals surface area contributed by atoms with Crippen LogP contribution < -0.4 is 0 Å². The summed E-state index contributed by atoms with van der Waals surface area (Å²) in [6.45, 7) is 0. The molecule has 8 saturated carbocycles. The molecule has 1 heteroatoms. The molecule has 0 amide bonds. The number of hydrogen-bond acceptors (Lipinski definition) is 1. The van der Waals surface area contributed by atoms with Gasteiger partial charge in [0.05, 0.1) is 0 Å². The lowest BCUT2D eigenvalue weighted by atomic mass is 9.32. The Labute approximate surface area is 169 Å². The molecular formula is C27H34O. The molecule has 0 radical (unpaired) electrons. The van der Waals surface area contributed by atoms with Gasteiger partial charge in [-0.15, -0.1) is 0 Å². The van der Waals surface area contributed by atoms with E-state index in [1.807, 2.05) is 0 Å². The number of carbonyl (C=O) groups is 1. The van der Waals surface area contributed by atoms with Gasteiger partial charge >= 0.3 is 0 Å². The highest BCUT2D eigenvalue weighted by Crippen LogP contribution is 2.76. The third kappa shape index (κ3) is 2.07. The molecule has 0 heterocycles. The molecule has 0 aromatic heterocycles. The molecule has 8 fully saturated rings. The van der Waals surface area contributed by atoms with Crippen molar-refractivity contribution < 1.29 is 4.79 Å². The molecule has 0 spiro atoms. The van der Waals surface area contributed by atoms with Crippen LogP contribution in [0.3, 0.4) is 0 Å². The van der Waals surface area contributed by atoms with Crippen molar-refractivity contribution in [1.82, 2.24) is 0 Å². The van der Waals surface area contributed by atoms with Crippen molar-refractivity contribution in [2.75, 3.05) is 0 Å². The van der Waals surface area contributed by atoms with Crippen LogP contribution in [0, 0.1) is 40.4 Å². The third-order valence-corrected chi connectivity index (χ3v) is 10.9. The Bertz CT molecular complexity index is 768. The maximum Gasteiger partial charge on any atom is 0.150 e. The largest absolute Gasteiger partial charge is 0.298 e. The van der Waals surface area contributed by atoms with Crippen LogP contribution in [0.15, 0.2) is 24.3 Å². The van der Waals surface area contributed by atoms with Gasteiger partial charge in [0.1, 0.15) is 6.29 Å². The average molecular weight is 375 g/mol. The van der Waals surface area contributed by atoms with Crippen molar-refractivity contribution in [3.05, 3.63) is 35.4 Å². The van der Waals surface area contributed by atoms with Crippen molar-refractivity contribution in [3.8, 4) is 0 Å². The topological polar surface area (TPSA) is 17.1 Å². The molecule has 2 unspecified atom stereocenters. The number of carbonyl (C=O) groups excluding carboxylic acids is 1. The highest BCUT2D eigenvalue weighted by atomic mass is 16.1. The lowest BCUT2D eigenvalue weighted by Gasteiger charge is -2.72. The summed E-state index contributed by atoms with van der Waals surface area (Å²) in [5.41, 5.74) is 4.18. The molecule has 148 valence electrons. The van der Waals surface area contributed by atoms with Gasteiger partial charge in [-0.05, 0) is 128 Å². The minimum absolute atomic E-state index is 0.425. The SMILES string of the molecule is O=Cc1ccc(C23CC4CC(C2)CC(C25CC6CC(CC(C6)C2)C5)(C4)C3)cc1. The van der Waals surface area contributed by atoms with Crippen molar-refractivity contribution in [3.63, 3.8) is 0 Å². The summed E-state index contributed by atoms with van der Waals surface area (Å²) in [4.78, 5) is 11.2. The number of rotatable bonds is 3. The Morgan fingerprint density at radius 1 is 0.643 bits per heavy atom. The lowest BCUT2D eigenvalue weighted by Crippen LogP contribution is -2.63. The fourth-order valence-corrected chi connectivity index (χ4v) is 10.9. The van der Waals surface area contributed by atoms with Gasteiger partial charge in [-0.1, -0.05) is 24.3 Å². The molecule has 1 aromatic carbocycles. The zero-order valence-electron chi connectivity index (χ0n) is 17.2. The number of aldehydes is 1. The van der Waals surface area contributed by atoms with Crippen LogP contribution in [0.5, 0.6) is 0 Å². The summed E-state index contributed by atoms with van der Waals surface area (Å²) < 4.78 is 0. The minimum atomic E-state index is 0.425. The molecule has 9 rings (SSSR count). The van der Waals surface area contributed by atoms with Gasteiger partial charge < -0.3 is 0 Å². The predicted octanol–water partition coefficient (Wildman–Crippen LogP) is 6.55. The highest BCUT2D eigenvalue weighted by Gasteiger charge is 2.67. The van der Waals surface area contributed by atoms with Gasteiger partial charge in [0.2, 0.25) is 0 Å². The first-order valence-corrected chi connectivity index (χ1v) is 12.2. The second-order valence-electron chi connectivity index (χ2n) is 12.5. The first kappa shape index (κ1) is 16.7. The van der Waals surface area contributed by atoms with E-state index < -0.39 is 0 Å². The van der Waals surface area contributed by atoms with E-state index in [0.717, 1.165) is 41.4 Å². The molecule has 8 aliphatic carbocycles. The van der Waals surface area contributed by atoms with E-state index >= 15 is 0 Å². The van der Waals surface area contributed by atoms with Crippen LogP contribution in [0.4, 0.5) is 0 Å². The maximum atomic E-state index is 11.2. The van der Waals surface area contributed by atoms with E-state index in [1.54, 1.807) is 56.9 Å². The summed E-state index contributed by atoms with van der Waals surface area (Å²) in [5, 5.41) is 0. The van der Waals surface area contributed by atoms with Crippen LogP contribution in [0.1, 0.15) is 93.0 Å². The summed E-state index contributed by atoms with van der Waals surface area (Å²) in [6, 6.07) is 8.81. The van der Waals surface area contributed by atoms with Gasteiger partial charge in [0, 0.05) is 5.56 Å². The molecule has 28 heavy (non-hydrogen) atoms. The summed E-state index contributed by atoms with van der Waals surface area (Å²) in [6.07, 6.45) is 19.4. The molecule has 0 saturated heterocycles. The average Bonchev–Trinajstić information content (AvgIpc) is 2.66. The zero-order chi connectivity index (χ0) is 18.6. The van der Waals surface area contributed by atoms with Crippen molar-refractivity contribution in [1.29, 1.82) is 0 Å². The fourth-order valence-electron chi connectivity index (χ4n) is 10.9. The van der Waals surface area contributed by atoms with Crippen LogP contribution in [0.25, 0.3) is 0 Å². The second-order valence-corrected chi connectivity index (χ2v) is 12.5. The van der Waals surface area contributed by atoms with Crippen LogP contribution in [0.2, 0.25) is 0 Å². The first-order chi connectivity index (χ1) is 13.6. The summed E-state index contributed by atoms with van der Waals surface area (Å²) >= 11 is 0. The Balaban J connectivity index is 1.31. The van der Waals surface area contributed by atoms with E-state index in [1.165, 1.54) is 25.7 Å². The smallest absolute Gasteiger partial charge is 0.150 e. The predicted molar refractivity (Wildman–Crippen MR) is 111 cm³/mol. The van der Waals surface area contributed by atoms with Gasteiger partial charge in [-0.25, -0.2) is 0 Å². The second kappa shape index (κ2) is 5.32. The van der Waals surface area contributed by atoms with E-state index in [2.05, 4.69) is 24.3 Å². The van der Waals surface area contributed by atoms with E-state index in [0.29, 0.717) is 16.2 Å². The van der Waals surface area contributed by atoms with Gasteiger partial charge in [0.15, 0.2) is 0 Å². The van der Waals surface area contributed by atoms with Crippen LogP contribution in [-0.2, 0) is 5.41 Å². The van der Waals surface area contributed by atoms with Crippen LogP contribution >= 0.6 is 0 Å². The minimum Gasteiger partial charge on any atom is -0.298 e. The van der Waals surface area contributed by atoms with Gasteiger partial charge in [-0.2, -0.15) is 0 Å². The van der Waals surface area contributed by atoms with Gasteiger partial charge in [-0.3, -0.25) is 4.79 Å². The number of hydrogen-bond donors (Lipinski definition) is 0. The maximum absolute atomic E-state index is 11.2. The zero-order valence-corrected chi connectivity index (χ0v) is 17.2. The van der Waals surface area contributed by atoms with E-state index in [4.69, 9.17) is 0 Å². The van der Waals surface area contributed by atoms with E-state index in [-0.39, 0.29) is 0 Å². The molecule has 0 N–H and O–H groups in total. The molecular weight excluding hydrogens is 340 g/mol. The van der Waals surface area contributed by atoms with Crippen LogP contribution in [-0.4, -0.2) is 6.29 Å². The Kier molecular flexibility index (Phi) is 3.17. The molecule has 1 nitrogen and oxygen atoms in total. The number of benzene rings is 1.